The lowest BCUT2D eigenvalue weighted by molar-refractivity contribution is 0.632. The Morgan fingerprint density at radius 1 is 1.50 bits per heavy atom. The van der Waals surface area contributed by atoms with E-state index in [1.54, 1.807) is 6.92 Å². The standard InChI is InChI=1S/C11H12FN3O/c1-3-13-10-4-7-9(5-8(10)12)14-6(2)15-11(7)16/h4-5,13H,3H2,1-2H3,(H,14,15,16). The number of hydrogen-bond donors (Lipinski definition) is 2. The molecule has 1 aromatic heterocycles. The molecule has 2 rings (SSSR count). The fourth-order valence-electron chi connectivity index (χ4n) is 1.60. The second kappa shape index (κ2) is 3.92. The third kappa shape index (κ3) is 1.76. The molecule has 0 saturated heterocycles. The van der Waals surface area contributed by atoms with E-state index in [0.29, 0.717) is 29.0 Å². The Bertz CT molecular complexity index is 592. The van der Waals surface area contributed by atoms with Gasteiger partial charge in [-0.25, -0.2) is 9.37 Å². The molecular formula is C11H12FN3O. The van der Waals surface area contributed by atoms with Crippen LogP contribution in [-0.4, -0.2) is 16.5 Å². The highest BCUT2D eigenvalue weighted by molar-refractivity contribution is 5.81. The lowest BCUT2D eigenvalue weighted by atomic mass is 10.2. The lowest BCUT2D eigenvalue weighted by Crippen LogP contribution is -2.11. The summed E-state index contributed by atoms with van der Waals surface area (Å²) in [6, 6.07) is 2.76. The maximum atomic E-state index is 13.6. The number of nitrogens with one attached hydrogen (secondary N) is 2. The van der Waals surface area contributed by atoms with Gasteiger partial charge in [0.2, 0.25) is 0 Å². The van der Waals surface area contributed by atoms with Crippen LogP contribution in [0.4, 0.5) is 10.1 Å². The second-order valence-corrected chi connectivity index (χ2v) is 3.53. The van der Waals surface area contributed by atoms with Crippen molar-refractivity contribution >= 4 is 16.6 Å². The molecule has 2 aromatic rings. The molecule has 2 N–H and O–H groups in total. The van der Waals surface area contributed by atoms with Crippen molar-refractivity contribution in [1.82, 2.24) is 9.97 Å². The number of H-pyrrole nitrogens is 1. The largest absolute Gasteiger partial charge is 0.383 e. The van der Waals surface area contributed by atoms with Crippen molar-refractivity contribution in [2.24, 2.45) is 0 Å². The van der Waals surface area contributed by atoms with Crippen LogP contribution in [-0.2, 0) is 0 Å². The van der Waals surface area contributed by atoms with Gasteiger partial charge in [-0.2, -0.15) is 0 Å². The first-order valence-corrected chi connectivity index (χ1v) is 5.06. The highest BCUT2D eigenvalue weighted by atomic mass is 19.1. The van der Waals surface area contributed by atoms with Crippen molar-refractivity contribution in [1.29, 1.82) is 0 Å². The molecule has 5 heteroatoms. The summed E-state index contributed by atoms with van der Waals surface area (Å²) in [7, 11) is 0. The number of halogens is 1. The summed E-state index contributed by atoms with van der Waals surface area (Å²) in [5, 5.41) is 3.25. The molecule has 0 aliphatic heterocycles. The van der Waals surface area contributed by atoms with E-state index in [-0.39, 0.29) is 5.56 Å². The summed E-state index contributed by atoms with van der Waals surface area (Å²) in [6.45, 7) is 4.12. The van der Waals surface area contributed by atoms with Crippen LogP contribution < -0.4 is 10.9 Å². The summed E-state index contributed by atoms with van der Waals surface area (Å²) < 4.78 is 13.6. The van der Waals surface area contributed by atoms with E-state index in [0.717, 1.165) is 0 Å². The van der Waals surface area contributed by atoms with Crippen molar-refractivity contribution in [3.63, 3.8) is 0 Å². The lowest BCUT2D eigenvalue weighted by Gasteiger charge is -2.06. The van der Waals surface area contributed by atoms with Crippen molar-refractivity contribution < 1.29 is 4.39 Å². The number of aryl methyl sites for hydroxylation is 1. The van der Waals surface area contributed by atoms with E-state index in [1.807, 2.05) is 6.92 Å². The van der Waals surface area contributed by atoms with Gasteiger partial charge in [0, 0.05) is 12.6 Å². The molecule has 0 spiro atoms. The predicted octanol–water partition coefficient (Wildman–Crippen LogP) is 1.80. The zero-order valence-electron chi connectivity index (χ0n) is 9.10. The van der Waals surface area contributed by atoms with Gasteiger partial charge in [0.15, 0.2) is 0 Å². The van der Waals surface area contributed by atoms with Crippen LogP contribution in [0.3, 0.4) is 0 Å². The average Bonchev–Trinajstić information content (AvgIpc) is 2.20. The number of hydrogen-bond acceptors (Lipinski definition) is 3. The van der Waals surface area contributed by atoms with Crippen molar-refractivity contribution in [2.45, 2.75) is 13.8 Å². The first-order chi connectivity index (χ1) is 7.61. The smallest absolute Gasteiger partial charge is 0.258 e. The molecule has 0 aliphatic carbocycles. The minimum Gasteiger partial charge on any atom is -0.383 e. The van der Waals surface area contributed by atoms with Gasteiger partial charge in [-0.05, 0) is 19.9 Å². The molecular weight excluding hydrogens is 209 g/mol. The van der Waals surface area contributed by atoms with E-state index in [9.17, 15) is 9.18 Å². The summed E-state index contributed by atoms with van der Waals surface area (Å²) in [5.41, 5.74) is 0.452. The van der Waals surface area contributed by atoms with Crippen LogP contribution in [0.25, 0.3) is 10.9 Å². The average molecular weight is 221 g/mol. The maximum absolute atomic E-state index is 13.6. The predicted molar refractivity (Wildman–Crippen MR) is 61.2 cm³/mol. The highest BCUT2D eigenvalue weighted by Crippen LogP contribution is 2.19. The van der Waals surface area contributed by atoms with Gasteiger partial charge in [0.05, 0.1) is 16.6 Å². The first-order valence-electron chi connectivity index (χ1n) is 5.06. The Labute approximate surface area is 91.5 Å². The molecule has 0 saturated carbocycles. The Morgan fingerprint density at radius 3 is 2.94 bits per heavy atom. The molecule has 4 nitrogen and oxygen atoms in total. The van der Waals surface area contributed by atoms with Gasteiger partial charge in [0.25, 0.3) is 5.56 Å². The fraction of sp³-hybridized carbons (Fsp3) is 0.273. The van der Waals surface area contributed by atoms with Crippen molar-refractivity contribution in [2.75, 3.05) is 11.9 Å². The third-order valence-electron chi connectivity index (χ3n) is 2.28. The molecule has 0 aliphatic rings. The van der Waals surface area contributed by atoms with Gasteiger partial charge >= 0.3 is 0 Å². The molecule has 0 bridgehead atoms. The van der Waals surface area contributed by atoms with Crippen LogP contribution in [0.5, 0.6) is 0 Å². The normalized spacial score (nSPS) is 10.7. The summed E-state index contributed by atoms with van der Waals surface area (Å²) in [6.07, 6.45) is 0. The number of fused-ring (bicyclic) bond motifs is 1. The topological polar surface area (TPSA) is 57.8 Å². The van der Waals surface area contributed by atoms with Gasteiger partial charge in [-0.3, -0.25) is 4.79 Å². The first kappa shape index (κ1) is 10.6. The van der Waals surface area contributed by atoms with E-state index < -0.39 is 5.82 Å². The number of anilines is 1. The Balaban J connectivity index is 2.74. The highest BCUT2D eigenvalue weighted by Gasteiger charge is 2.07. The molecule has 1 aromatic carbocycles. The van der Waals surface area contributed by atoms with Gasteiger partial charge in [-0.1, -0.05) is 0 Å². The molecule has 16 heavy (non-hydrogen) atoms. The monoisotopic (exact) mass is 221 g/mol. The Morgan fingerprint density at radius 2 is 2.25 bits per heavy atom. The molecule has 0 fully saturated rings. The number of aromatic amines is 1. The molecule has 0 amide bonds. The van der Waals surface area contributed by atoms with Crippen LogP contribution in [0, 0.1) is 12.7 Å². The summed E-state index contributed by atoms with van der Waals surface area (Å²) in [4.78, 5) is 18.3. The molecule has 0 atom stereocenters. The number of aromatic nitrogens is 2. The fourth-order valence-corrected chi connectivity index (χ4v) is 1.60. The Hall–Kier alpha value is -1.91. The van der Waals surface area contributed by atoms with E-state index in [4.69, 9.17) is 0 Å². The van der Waals surface area contributed by atoms with Gasteiger partial charge in [-0.15, -0.1) is 0 Å². The Kier molecular flexibility index (Phi) is 2.60. The quantitative estimate of drug-likeness (QED) is 0.813. The van der Waals surface area contributed by atoms with Crippen molar-refractivity contribution in [3.8, 4) is 0 Å². The van der Waals surface area contributed by atoms with Crippen LogP contribution >= 0.6 is 0 Å². The molecule has 0 unspecified atom stereocenters. The number of benzene rings is 1. The zero-order valence-corrected chi connectivity index (χ0v) is 9.10. The van der Waals surface area contributed by atoms with E-state index >= 15 is 0 Å². The molecule has 84 valence electrons. The van der Waals surface area contributed by atoms with Gasteiger partial charge in [0.1, 0.15) is 11.6 Å². The van der Waals surface area contributed by atoms with Crippen LogP contribution in [0.15, 0.2) is 16.9 Å². The third-order valence-corrected chi connectivity index (χ3v) is 2.28. The van der Waals surface area contributed by atoms with E-state index in [2.05, 4.69) is 15.3 Å². The summed E-state index contributed by atoms with van der Waals surface area (Å²) in [5.74, 6) is 0.0833. The zero-order chi connectivity index (χ0) is 11.7. The number of rotatable bonds is 2. The van der Waals surface area contributed by atoms with Gasteiger partial charge < -0.3 is 10.3 Å². The maximum Gasteiger partial charge on any atom is 0.258 e. The second-order valence-electron chi connectivity index (χ2n) is 3.53. The summed E-state index contributed by atoms with van der Waals surface area (Å²) >= 11 is 0. The van der Waals surface area contributed by atoms with E-state index in [1.165, 1.54) is 12.1 Å². The minimum absolute atomic E-state index is 0.248. The number of nitrogens with zero attached hydrogens (tertiary/aromatic N) is 1. The van der Waals surface area contributed by atoms with Crippen molar-refractivity contribution in [3.05, 3.63) is 34.1 Å². The van der Waals surface area contributed by atoms with Crippen LogP contribution in [0.2, 0.25) is 0 Å². The minimum atomic E-state index is -0.396. The van der Waals surface area contributed by atoms with Crippen LogP contribution in [0.1, 0.15) is 12.7 Å². The molecule has 1 heterocycles. The molecule has 0 radical (unpaired) electrons. The SMILES string of the molecule is CCNc1cc2c(=O)[nH]c(C)nc2cc1F.